The molecule has 0 aromatic rings. The molecule has 1 aliphatic carbocycles. The van der Waals surface area contributed by atoms with Gasteiger partial charge in [-0.1, -0.05) is 12.8 Å². The normalized spacial score (nSPS) is 28.6. The Morgan fingerprint density at radius 2 is 1.30 bits per heavy atom. The first-order valence-electron chi connectivity index (χ1n) is 8.65. The number of likely N-dealkylation sites (N-methyl/N-ethyl adjacent to an activating group) is 2. The second kappa shape index (κ2) is 13.4. The van der Waals surface area contributed by atoms with Gasteiger partial charge in [-0.25, -0.2) is 0 Å². The second-order valence-electron chi connectivity index (χ2n) is 6.76. The van der Waals surface area contributed by atoms with Crippen LogP contribution in [0.5, 0.6) is 0 Å². The molecule has 2 atom stereocenters. The van der Waals surface area contributed by atoms with E-state index in [1.54, 1.807) is 14.2 Å². The van der Waals surface area contributed by atoms with Gasteiger partial charge in [0.2, 0.25) is 0 Å². The fraction of sp³-hybridized carbons (Fsp3) is 1.00. The molecule has 0 aromatic heterocycles. The van der Waals surface area contributed by atoms with Crippen molar-refractivity contribution in [3.63, 3.8) is 0 Å². The van der Waals surface area contributed by atoms with Crippen LogP contribution in [0, 0.1) is 0 Å². The Hall–Kier alpha value is 0.0900. The average molecular weight is 353 g/mol. The van der Waals surface area contributed by atoms with E-state index in [4.69, 9.17) is 14.6 Å². The number of β-amino-alcohol motifs (C(OH)–C–C–N with tert-alkyl or cyclic N) is 1. The Morgan fingerprint density at radius 3 is 1.52 bits per heavy atom. The number of hydrogen-bond acceptors (Lipinski definition) is 5. The van der Waals surface area contributed by atoms with E-state index in [2.05, 4.69) is 16.8 Å². The number of likely N-dealkylation sites (tertiary alicyclic amines) is 2. The molecule has 0 spiro atoms. The van der Waals surface area contributed by atoms with Crippen molar-refractivity contribution >= 4 is 12.4 Å². The molecular formula is C17H37ClN2O3. The minimum absolute atomic E-state index is 0. The molecular weight excluding hydrogens is 316 g/mol. The summed E-state index contributed by atoms with van der Waals surface area (Å²) in [7, 11) is 7.73. The first kappa shape index (κ1) is 23.1. The number of aliphatic hydroxyl groups excluding tert-OH is 1. The maximum Gasteiger partial charge on any atom is 0.0710 e. The molecule has 2 unspecified atom stereocenters. The molecule has 1 saturated carbocycles. The molecule has 2 saturated heterocycles. The number of ether oxygens (including phenoxy) is 2. The number of rotatable bonds is 2. The molecule has 0 amide bonds. The Labute approximate surface area is 148 Å². The number of halogens is 1. The first-order chi connectivity index (χ1) is 10.5. The number of hydrogen-bond donors (Lipinski definition) is 1. The van der Waals surface area contributed by atoms with Crippen molar-refractivity contribution in [2.75, 3.05) is 54.5 Å². The van der Waals surface area contributed by atoms with Crippen LogP contribution in [-0.2, 0) is 9.47 Å². The Morgan fingerprint density at radius 1 is 0.783 bits per heavy atom. The highest BCUT2D eigenvalue weighted by atomic mass is 35.5. The molecule has 23 heavy (non-hydrogen) atoms. The van der Waals surface area contributed by atoms with Crippen LogP contribution in [0.25, 0.3) is 0 Å². The predicted molar refractivity (Wildman–Crippen MR) is 97.5 cm³/mol. The van der Waals surface area contributed by atoms with Crippen LogP contribution in [0.2, 0.25) is 0 Å². The van der Waals surface area contributed by atoms with Crippen molar-refractivity contribution in [1.29, 1.82) is 0 Å². The van der Waals surface area contributed by atoms with Crippen LogP contribution in [0.1, 0.15) is 38.5 Å². The standard InChI is InChI=1S/C6H13NO.C6H12O.C5H11NO.ClH/c1-7-4-3-6(5-7)8-2;1-7-6-4-2-3-5-6;1-6-3-2-5(7)4-6;/h6H,3-5H2,1-2H3;6H,2-5H2,1H3;5,7H,2-4H2,1H3;1H. The summed E-state index contributed by atoms with van der Waals surface area (Å²) in [6, 6.07) is 0. The number of aliphatic hydroxyl groups is 1. The summed E-state index contributed by atoms with van der Waals surface area (Å²) in [5.74, 6) is 0. The second-order valence-corrected chi connectivity index (χ2v) is 6.76. The smallest absolute Gasteiger partial charge is 0.0710 e. The monoisotopic (exact) mass is 352 g/mol. The lowest BCUT2D eigenvalue weighted by molar-refractivity contribution is 0.109. The molecule has 1 N–H and O–H groups in total. The van der Waals surface area contributed by atoms with Crippen LogP contribution >= 0.6 is 12.4 Å². The van der Waals surface area contributed by atoms with Crippen molar-refractivity contribution in [2.45, 2.75) is 56.8 Å². The van der Waals surface area contributed by atoms with Gasteiger partial charge < -0.3 is 24.4 Å². The van der Waals surface area contributed by atoms with E-state index in [1.165, 1.54) is 38.6 Å². The summed E-state index contributed by atoms with van der Waals surface area (Å²) < 4.78 is 10.3. The van der Waals surface area contributed by atoms with Crippen molar-refractivity contribution in [2.24, 2.45) is 0 Å². The van der Waals surface area contributed by atoms with E-state index in [1.807, 2.05) is 7.05 Å². The SMILES string of the molecule is CN1CCC(O)C1.COC1CCCC1.COC1CCN(C)C1.Cl. The maximum atomic E-state index is 8.86. The predicted octanol–water partition coefficient (Wildman–Crippen LogP) is 2.02. The van der Waals surface area contributed by atoms with E-state index < -0.39 is 0 Å². The molecule has 0 bridgehead atoms. The van der Waals surface area contributed by atoms with E-state index in [0.717, 1.165) is 26.1 Å². The fourth-order valence-corrected chi connectivity index (χ4v) is 3.12. The first-order valence-corrected chi connectivity index (χ1v) is 8.65. The van der Waals surface area contributed by atoms with E-state index in [-0.39, 0.29) is 18.5 Å². The summed E-state index contributed by atoms with van der Waals surface area (Å²) in [4.78, 5) is 4.42. The van der Waals surface area contributed by atoms with E-state index in [9.17, 15) is 0 Å². The van der Waals surface area contributed by atoms with Crippen LogP contribution in [0.3, 0.4) is 0 Å². The molecule has 2 heterocycles. The lowest BCUT2D eigenvalue weighted by Gasteiger charge is -2.06. The van der Waals surface area contributed by atoms with E-state index >= 15 is 0 Å². The lowest BCUT2D eigenvalue weighted by Crippen LogP contribution is -2.17. The zero-order valence-electron chi connectivity index (χ0n) is 15.4. The summed E-state index contributed by atoms with van der Waals surface area (Å²) in [5, 5.41) is 8.86. The Bertz CT molecular complexity index is 271. The minimum atomic E-state index is -0.0509. The summed E-state index contributed by atoms with van der Waals surface area (Å²) in [6.45, 7) is 4.22. The summed E-state index contributed by atoms with van der Waals surface area (Å²) >= 11 is 0. The molecule has 0 aromatic carbocycles. The largest absolute Gasteiger partial charge is 0.392 e. The highest BCUT2D eigenvalue weighted by molar-refractivity contribution is 5.85. The van der Waals surface area contributed by atoms with Crippen LogP contribution in [-0.4, -0.2) is 87.7 Å². The van der Waals surface area contributed by atoms with E-state index in [0.29, 0.717) is 12.2 Å². The Balaban J connectivity index is 0.000000310. The van der Waals surface area contributed by atoms with Gasteiger partial charge >= 0.3 is 0 Å². The fourth-order valence-electron chi connectivity index (χ4n) is 3.12. The van der Waals surface area contributed by atoms with Gasteiger partial charge in [-0.3, -0.25) is 0 Å². The topological polar surface area (TPSA) is 45.2 Å². The van der Waals surface area contributed by atoms with Gasteiger partial charge in [-0.05, 0) is 39.8 Å². The lowest BCUT2D eigenvalue weighted by atomic mass is 10.3. The quantitative estimate of drug-likeness (QED) is 0.823. The highest BCUT2D eigenvalue weighted by Gasteiger charge is 2.17. The van der Waals surface area contributed by atoms with Crippen molar-refractivity contribution in [3.05, 3.63) is 0 Å². The van der Waals surface area contributed by atoms with Crippen LogP contribution in [0.4, 0.5) is 0 Å². The van der Waals surface area contributed by atoms with Crippen LogP contribution in [0.15, 0.2) is 0 Å². The minimum Gasteiger partial charge on any atom is -0.392 e. The molecule has 3 fully saturated rings. The zero-order valence-corrected chi connectivity index (χ0v) is 16.2. The van der Waals surface area contributed by atoms with Gasteiger partial charge in [-0.2, -0.15) is 0 Å². The van der Waals surface area contributed by atoms with Gasteiger partial charge in [0, 0.05) is 40.4 Å². The third kappa shape index (κ3) is 10.5. The van der Waals surface area contributed by atoms with Gasteiger partial charge in [0.05, 0.1) is 18.3 Å². The average Bonchev–Trinajstić information content (AvgIpc) is 3.23. The number of nitrogens with zero attached hydrogens (tertiary/aromatic N) is 2. The summed E-state index contributed by atoms with van der Waals surface area (Å²) in [5.41, 5.74) is 0. The number of methoxy groups -OCH3 is 2. The molecule has 2 aliphatic heterocycles. The van der Waals surface area contributed by atoms with Gasteiger partial charge in [0.15, 0.2) is 0 Å². The molecule has 5 nitrogen and oxygen atoms in total. The van der Waals surface area contributed by atoms with Gasteiger partial charge in [0.1, 0.15) is 0 Å². The van der Waals surface area contributed by atoms with Gasteiger partial charge in [-0.15, -0.1) is 12.4 Å². The molecule has 3 aliphatic rings. The maximum absolute atomic E-state index is 8.86. The summed E-state index contributed by atoms with van der Waals surface area (Å²) in [6.07, 6.45) is 8.53. The molecule has 0 radical (unpaired) electrons. The van der Waals surface area contributed by atoms with Crippen molar-refractivity contribution in [1.82, 2.24) is 9.80 Å². The zero-order chi connectivity index (χ0) is 16.4. The Kier molecular flexibility index (Phi) is 13.4. The third-order valence-electron chi connectivity index (χ3n) is 4.68. The van der Waals surface area contributed by atoms with Crippen LogP contribution < -0.4 is 0 Å². The van der Waals surface area contributed by atoms with Crippen molar-refractivity contribution < 1.29 is 14.6 Å². The highest BCUT2D eigenvalue weighted by Crippen LogP contribution is 2.19. The van der Waals surface area contributed by atoms with Gasteiger partial charge in [0.25, 0.3) is 0 Å². The molecule has 3 rings (SSSR count). The van der Waals surface area contributed by atoms with Crippen molar-refractivity contribution in [3.8, 4) is 0 Å². The molecule has 140 valence electrons. The third-order valence-corrected chi connectivity index (χ3v) is 4.68. The molecule has 6 heteroatoms.